The minimum absolute atomic E-state index is 0.221. The van der Waals surface area contributed by atoms with Crippen LogP contribution >= 0.6 is 34.8 Å². The number of pyridine rings is 1. The molecule has 4 rings (SSSR count). The van der Waals surface area contributed by atoms with Crippen molar-refractivity contribution in [2.45, 2.75) is 6.92 Å². The second-order valence-corrected chi connectivity index (χ2v) is 7.05. The summed E-state index contributed by atoms with van der Waals surface area (Å²) in [6, 6.07) is 8.05. The van der Waals surface area contributed by atoms with Crippen molar-refractivity contribution in [3.63, 3.8) is 0 Å². The van der Waals surface area contributed by atoms with Gasteiger partial charge in [0.05, 0.1) is 38.6 Å². The number of fused-ring (bicyclic) bond motifs is 1. The molecule has 28 heavy (non-hydrogen) atoms. The van der Waals surface area contributed by atoms with Crippen LogP contribution in [0.15, 0.2) is 45.5 Å². The molecule has 1 amide bonds. The Hall–Kier alpha value is -2.74. The lowest BCUT2D eigenvalue weighted by atomic mass is 10.1. The Morgan fingerprint density at radius 1 is 1.14 bits per heavy atom. The smallest absolute Gasteiger partial charge is 0.270 e. The van der Waals surface area contributed by atoms with E-state index in [2.05, 4.69) is 21.0 Å². The molecule has 0 aliphatic heterocycles. The summed E-state index contributed by atoms with van der Waals surface area (Å²) in [5, 5.41) is 5.28. The number of rotatable bonds is 4. The fraction of sp³-hybridized carbons (Fsp3) is 0.0556. The van der Waals surface area contributed by atoms with E-state index < -0.39 is 5.91 Å². The fourth-order valence-electron chi connectivity index (χ4n) is 2.67. The van der Waals surface area contributed by atoms with Crippen molar-refractivity contribution in [2.75, 3.05) is 5.43 Å². The van der Waals surface area contributed by atoms with Crippen LogP contribution in [0.2, 0.25) is 15.1 Å². The number of halogens is 3. The lowest BCUT2D eigenvalue weighted by Crippen LogP contribution is -2.30. The number of aryl methyl sites for hydroxylation is 1. The predicted molar refractivity (Wildman–Crippen MR) is 107 cm³/mol. The zero-order chi connectivity index (χ0) is 19.8. The number of carbonyl (C=O) groups is 1. The van der Waals surface area contributed by atoms with Crippen molar-refractivity contribution in [1.29, 1.82) is 0 Å². The Bertz CT molecular complexity index is 1170. The van der Waals surface area contributed by atoms with Crippen molar-refractivity contribution < 1.29 is 13.7 Å². The highest BCUT2D eigenvalue weighted by Crippen LogP contribution is 2.33. The molecule has 3 aromatic heterocycles. The molecule has 3 heterocycles. The first-order valence-electron chi connectivity index (χ1n) is 7.96. The lowest BCUT2D eigenvalue weighted by molar-refractivity contribution is 0.0964. The lowest BCUT2D eigenvalue weighted by Gasteiger charge is -2.13. The Morgan fingerprint density at radius 2 is 1.89 bits per heavy atom. The number of hydrogen-bond donors (Lipinski definition) is 2. The first kappa shape index (κ1) is 18.6. The van der Waals surface area contributed by atoms with Crippen LogP contribution in [-0.4, -0.2) is 16.0 Å². The van der Waals surface area contributed by atoms with E-state index >= 15 is 0 Å². The third-order valence-electron chi connectivity index (χ3n) is 3.94. The van der Waals surface area contributed by atoms with E-state index in [4.69, 9.17) is 43.7 Å². The van der Waals surface area contributed by atoms with Gasteiger partial charge in [0, 0.05) is 5.02 Å². The standard InChI is InChI=1S/C18H11Cl3N4O3/c1-8-15-10(7-13(14-3-2-4-27-14)22-18(15)28-25-8)17(26)24-23-16-11(20)5-9(19)6-12(16)21/h2-7,23H,1H3,(H,24,26). The summed E-state index contributed by atoms with van der Waals surface area (Å²) >= 11 is 18.2. The Morgan fingerprint density at radius 3 is 2.57 bits per heavy atom. The number of furan rings is 1. The molecule has 0 aliphatic rings. The van der Waals surface area contributed by atoms with E-state index in [0.717, 1.165) is 0 Å². The molecule has 7 nitrogen and oxygen atoms in total. The molecule has 0 saturated heterocycles. The molecule has 0 atom stereocenters. The number of hydrogen-bond acceptors (Lipinski definition) is 6. The van der Waals surface area contributed by atoms with Crippen molar-refractivity contribution in [2.24, 2.45) is 0 Å². The Kier molecular flexibility index (Phi) is 4.89. The molecule has 0 saturated carbocycles. The quantitative estimate of drug-likeness (QED) is 0.409. The van der Waals surface area contributed by atoms with Gasteiger partial charge in [-0.1, -0.05) is 40.0 Å². The van der Waals surface area contributed by atoms with E-state index in [1.165, 1.54) is 18.4 Å². The average Bonchev–Trinajstić information content (AvgIpc) is 3.30. The second kappa shape index (κ2) is 7.35. The molecule has 142 valence electrons. The third kappa shape index (κ3) is 3.40. The van der Waals surface area contributed by atoms with Gasteiger partial charge >= 0.3 is 0 Å². The van der Waals surface area contributed by atoms with Gasteiger partial charge in [-0.3, -0.25) is 15.6 Å². The molecule has 0 fully saturated rings. The molecule has 0 unspecified atom stereocenters. The zero-order valence-electron chi connectivity index (χ0n) is 14.2. The fourth-order valence-corrected chi connectivity index (χ4v) is 3.58. The van der Waals surface area contributed by atoms with Crippen molar-refractivity contribution in [3.05, 3.63) is 62.9 Å². The number of carbonyl (C=O) groups excluding carboxylic acids is 1. The van der Waals surface area contributed by atoms with Gasteiger partial charge in [-0.05, 0) is 37.3 Å². The maximum Gasteiger partial charge on any atom is 0.270 e. The van der Waals surface area contributed by atoms with Crippen molar-refractivity contribution in [1.82, 2.24) is 15.6 Å². The topological polar surface area (TPSA) is 93.2 Å². The molecule has 4 aromatic rings. The van der Waals surface area contributed by atoms with Gasteiger partial charge in [-0.2, -0.15) is 0 Å². The summed E-state index contributed by atoms with van der Waals surface area (Å²) in [4.78, 5) is 17.2. The molecule has 2 N–H and O–H groups in total. The number of nitrogens with one attached hydrogen (secondary N) is 2. The first-order valence-corrected chi connectivity index (χ1v) is 9.09. The number of nitrogens with zero attached hydrogens (tertiary/aromatic N) is 2. The highest BCUT2D eigenvalue weighted by atomic mass is 35.5. The van der Waals surface area contributed by atoms with Crippen molar-refractivity contribution in [3.8, 4) is 11.5 Å². The molecule has 0 aliphatic carbocycles. The highest BCUT2D eigenvalue weighted by molar-refractivity contribution is 6.41. The van der Waals surface area contributed by atoms with Gasteiger partial charge in [0.2, 0.25) is 0 Å². The number of aromatic nitrogens is 2. The number of amides is 1. The normalized spacial score (nSPS) is 11.0. The molecule has 0 radical (unpaired) electrons. The molecular formula is C18H11Cl3N4O3. The summed E-state index contributed by atoms with van der Waals surface area (Å²) in [6.45, 7) is 1.72. The minimum atomic E-state index is -0.464. The number of anilines is 1. The predicted octanol–water partition coefficient (Wildman–Crippen LogP) is 5.51. The van der Waals surface area contributed by atoms with Crippen LogP contribution in [0.25, 0.3) is 22.6 Å². The van der Waals surface area contributed by atoms with Crippen LogP contribution in [0.1, 0.15) is 16.1 Å². The van der Waals surface area contributed by atoms with Gasteiger partial charge in [0.25, 0.3) is 11.6 Å². The maximum atomic E-state index is 12.9. The third-order valence-corrected chi connectivity index (χ3v) is 4.76. The first-order chi connectivity index (χ1) is 13.4. The molecule has 0 bridgehead atoms. The van der Waals surface area contributed by atoms with Gasteiger partial charge in [-0.25, -0.2) is 4.98 Å². The molecule has 1 aromatic carbocycles. The van der Waals surface area contributed by atoms with E-state index in [1.807, 2.05) is 0 Å². The molecular weight excluding hydrogens is 427 g/mol. The van der Waals surface area contributed by atoms with Crippen LogP contribution in [-0.2, 0) is 0 Å². The summed E-state index contributed by atoms with van der Waals surface area (Å²) < 4.78 is 10.6. The van der Waals surface area contributed by atoms with Gasteiger partial charge in [0.15, 0.2) is 5.76 Å². The monoisotopic (exact) mass is 436 g/mol. The van der Waals surface area contributed by atoms with E-state index in [0.29, 0.717) is 38.8 Å². The molecule has 10 heteroatoms. The second-order valence-electron chi connectivity index (χ2n) is 5.80. The number of hydrazine groups is 1. The van der Waals surface area contributed by atoms with E-state index in [9.17, 15) is 4.79 Å². The Balaban J connectivity index is 1.70. The van der Waals surface area contributed by atoms with E-state index in [1.54, 1.807) is 25.1 Å². The zero-order valence-corrected chi connectivity index (χ0v) is 16.5. The van der Waals surface area contributed by atoms with Gasteiger partial charge in [-0.15, -0.1) is 0 Å². The van der Waals surface area contributed by atoms with Crippen LogP contribution < -0.4 is 10.9 Å². The average molecular weight is 438 g/mol. The van der Waals surface area contributed by atoms with Gasteiger partial charge in [0.1, 0.15) is 5.69 Å². The summed E-state index contributed by atoms with van der Waals surface area (Å²) in [7, 11) is 0. The summed E-state index contributed by atoms with van der Waals surface area (Å²) in [6.07, 6.45) is 1.51. The van der Waals surface area contributed by atoms with Crippen LogP contribution in [0.4, 0.5) is 5.69 Å². The molecule has 0 spiro atoms. The van der Waals surface area contributed by atoms with Crippen LogP contribution in [0, 0.1) is 6.92 Å². The highest BCUT2D eigenvalue weighted by Gasteiger charge is 2.20. The van der Waals surface area contributed by atoms with Crippen LogP contribution in [0.5, 0.6) is 0 Å². The maximum absolute atomic E-state index is 12.9. The van der Waals surface area contributed by atoms with E-state index in [-0.39, 0.29) is 15.8 Å². The number of benzene rings is 1. The van der Waals surface area contributed by atoms with Gasteiger partial charge < -0.3 is 8.94 Å². The Labute approximate surface area is 173 Å². The minimum Gasteiger partial charge on any atom is -0.463 e. The summed E-state index contributed by atoms with van der Waals surface area (Å²) in [5.41, 5.74) is 7.09. The SMILES string of the molecule is Cc1noc2nc(-c3ccco3)cc(C(=O)NNc3c(Cl)cc(Cl)cc3Cl)c12. The van der Waals surface area contributed by atoms with Crippen LogP contribution in [0.3, 0.4) is 0 Å². The van der Waals surface area contributed by atoms with Crippen molar-refractivity contribution >= 4 is 57.5 Å². The largest absolute Gasteiger partial charge is 0.463 e. The summed E-state index contributed by atoms with van der Waals surface area (Å²) in [5.74, 6) is 0.0235.